The van der Waals surface area contributed by atoms with Gasteiger partial charge < -0.3 is 10.5 Å². The molecule has 2 aromatic rings. The molecule has 0 bridgehead atoms. The molecular formula is C13H9ClFNOS. The Morgan fingerprint density at radius 2 is 1.89 bits per heavy atom. The molecule has 92 valence electrons. The number of hydrogen-bond acceptors (Lipinski definition) is 2. The normalized spacial score (nSPS) is 10.1. The van der Waals surface area contributed by atoms with Crippen molar-refractivity contribution >= 4 is 28.8 Å². The van der Waals surface area contributed by atoms with Crippen molar-refractivity contribution in [2.75, 3.05) is 0 Å². The molecule has 0 radical (unpaired) electrons. The van der Waals surface area contributed by atoms with Gasteiger partial charge in [0.25, 0.3) is 0 Å². The first-order valence-corrected chi connectivity index (χ1v) is 5.87. The van der Waals surface area contributed by atoms with Gasteiger partial charge in [0.2, 0.25) is 0 Å². The molecule has 2 aromatic carbocycles. The smallest absolute Gasteiger partial charge is 0.130 e. The highest BCUT2D eigenvalue weighted by Crippen LogP contribution is 2.27. The minimum atomic E-state index is -0.363. The van der Waals surface area contributed by atoms with E-state index in [1.165, 1.54) is 12.1 Å². The maximum absolute atomic E-state index is 13.0. The Balaban J connectivity index is 2.25. The van der Waals surface area contributed by atoms with E-state index < -0.39 is 0 Å². The highest BCUT2D eigenvalue weighted by molar-refractivity contribution is 7.80. The van der Waals surface area contributed by atoms with E-state index in [2.05, 4.69) is 0 Å². The molecule has 0 saturated heterocycles. The number of hydrogen-bond donors (Lipinski definition) is 1. The monoisotopic (exact) mass is 281 g/mol. The van der Waals surface area contributed by atoms with Gasteiger partial charge in [0.05, 0.1) is 5.02 Å². The van der Waals surface area contributed by atoms with E-state index in [1.54, 1.807) is 30.3 Å². The quantitative estimate of drug-likeness (QED) is 0.867. The lowest BCUT2D eigenvalue weighted by Crippen LogP contribution is -2.09. The van der Waals surface area contributed by atoms with E-state index in [9.17, 15) is 4.39 Å². The van der Waals surface area contributed by atoms with E-state index >= 15 is 0 Å². The molecule has 0 unspecified atom stereocenters. The summed E-state index contributed by atoms with van der Waals surface area (Å²) in [6.07, 6.45) is 0. The highest BCUT2D eigenvalue weighted by atomic mass is 35.5. The van der Waals surface area contributed by atoms with Gasteiger partial charge in [-0.25, -0.2) is 4.39 Å². The van der Waals surface area contributed by atoms with Crippen LogP contribution >= 0.6 is 23.8 Å². The summed E-state index contributed by atoms with van der Waals surface area (Å²) in [5, 5.41) is 0.399. The number of ether oxygens (including phenoxy) is 1. The van der Waals surface area contributed by atoms with Crippen LogP contribution in [0.1, 0.15) is 5.56 Å². The Kier molecular flexibility index (Phi) is 3.79. The van der Waals surface area contributed by atoms with E-state index in [4.69, 9.17) is 34.3 Å². The van der Waals surface area contributed by atoms with Crippen LogP contribution in [0.15, 0.2) is 42.5 Å². The summed E-state index contributed by atoms with van der Waals surface area (Å²) in [5.74, 6) is 0.526. The zero-order valence-electron chi connectivity index (χ0n) is 9.19. The van der Waals surface area contributed by atoms with Crippen LogP contribution in [0.4, 0.5) is 4.39 Å². The molecule has 0 amide bonds. The molecule has 2 nitrogen and oxygen atoms in total. The van der Waals surface area contributed by atoms with Crippen molar-refractivity contribution in [1.29, 1.82) is 0 Å². The second kappa shape index (κ2) is 5.33. The molecule has 0 aliphatic carbocycles. The van der Waals surface area contributed by atoms with E-state index in [0.717, 1.165) is 0 Å². The van der Waals surface area contributed by atoms with Crippen LogP contribution in [-0.2, 0) is 0 Å². The van der Waals surface area contributed by atoms with Crippen LogP contribution in [0.3, 0.4) is 0 Å². The van der Waals surface area contributed by atoms with E-state index in [-0.39, 0.29) is 10.8 Å². The Bertz CT molecular complexity index is 603. The van der Waals surface area contributed by atoms with Gasteiger partial charge in [0.15, 0.2) is 0 Å². The Morgan fingerprint density at radius 1 is 1.17 bits per heavy atom. The fourth-order valence-electron chi connectivity index (χ4n) is 1.43. The Morgan fingerprint density at radius 3 is 2.50 bits per heavy atom. The average molecular weight is 282 g/mol. The predicted molar refractivity (Wildman–Crippen MR) is 73.8 cm³/mol. The zero-order valence-corrected chi connectivity index (χ0v) is 10.8. The molecule has 0 aliphatic heterocycles. The van der Waals surface area contributed by atoms with Crippen LogP contribution in [0.2, 0.25) is 5.02 Å². The summed E-state index contributed by atoms with van der Waals surface area (Å²) in [4.78, 5) is 0.220. The summed E-state index contributed by atoms with van der Waals surface area (Å²) in [6, 6.07) is 10.8. The number of nitrogens with two attached hydrogens (primary N) is 1. The van der Waals surface area contributed by atoms with Gasteiger partial charge in [-0.05, 0) is 24.3 Å². The van der Waals surface area contributed by atoms with Crippen molar-refractivity contribution in [3.05, 3.63) is 58.9 Å². The average Bonchev–Trinajstić information content (AvgIpc) is 2.28. The molecule has 2 rings (SSSR count). The molecule has 0 atom stereocenters. The SMILES string of the molecule is NC(=S)c1ccc(Oc2cccc(F)c2)cc1Cl. The lowest BCUT2D eigenvalue weighted by atomic mass is 10.2. The number of benzene rings is 2. The highest BCUT2D eigenvalue weighted by Gasteiger charge is 2.06. The summed E-state index contributed by atoms with van der Waals surface area (Å²) in [6.45, 7) is 0. The van der Waals surface area contributed by atoms with Crippen molar-refractivity contribution in [3.63, 3.8) is 0 Å². The third kappa shape index (κ3) is 2.97. The van der Waals surface area contributed by atoms with Crippen molar-refractivity contribution in [2.24, 2.45) is 5.73 Å². The second-order valence-corrected chi connectivity index (χ2v) is 4.41. The summed E-state index contributed by atoms with van der Waals surface area (Å²) >= 11 is 10.8. The molecule has 2 N–H and O–H groups in total. The molecule has 18 heavy (non-hydrogen) atoms. The van der Waals surface area contributed by atoms with Crippen LogP contribution < -0.4 is 10.5 Å². The number of thiocarbonyl (C=S) groups is 1. The lowest BCUT2D eigenvalue weighted by Gasteiger charge is -2.08. The summed E-state index contributed by atoms with van der Waals surface area (Å²) in [7, 11) is 0. The minimum Gasteiger partial charge on any atom is -0.457 e. The molecule has 0 spiro atoms. The zero-order chi connectivity index (χ0) is 13.1. The van der Waals surface area contributed by atoms with Gasteiger partial charge in [-0.1, -0.05) is 29.9 Å². The van der Waals surface area contributed by atoms with Gasteiger partial charge in [0, 0.05) is 17.7 Å². The predicted octanol–water partition coefficient (Wildman–Crippen LogP) is 3.91. The summed E-state index contributed by atoms with van der Waals surface area (Å²) in [5.41, 5.74) is 6.08. The topological polar surface area (TPSA) is 35.2 Å². The molecule has 0 saturated carbocycles. The van der Waals surface area contributed by atoms with E-state index in [1.807, 2.05) is 0 Å². The molecule has 5 heteroatoms. The fourth-order valence-corrected chi connectivity index (χ4v) is 1.93. The molecule has 0 fully saturated rings. The first-order chi connectivity index (χ1) is 8.56. The third-order valence-electron chi connectivity index (χ3n) is 2.24. The first kappa shape index (κ1) is 12.8. The maximum atomic E-state index is 13.0. The second-order valence-electron chi connectivity index (χ2n) is 3.57. The minimum absolute atomic E-state index is 0.220. The molecule has 0 heterocycles. The van der Waals surface area contributed by atoms with Crippen LogP contribution in [0, 0.1) is 5.82 Å². The van der Waals surface area contributed by atoms with Crippen molar-refractivity contribution in [2.45, 2.75) is 0 Å². The maximum Gasteiger partial charge on any atom is 0.130 e. The number of halogens is 2. The first-order valence-electron chi connectivity index (χ1n) is 5.09. The third-order valence-corrected chi connectivity index (χ3v) is 2.77. The van der Waals surface area contributed by atoms with Gasteiger partial charge in [-0.15, -0.1) is 0 Å². The van der Waals surface area contributed by atoms with E-state index in [0.29, 0.717) is 22.1 Å². The standard InChI is InChI=1S/C13H9ClFNOS/c14-12-7-10(4-5-11(12)13(16)18)17-9-3-1-2-8(15)6-9/h1-7H,(H2,16,18). The molecule has 0 aliphatic rings. The van der Waals surface area contributed by atoms with Crippen molar-refractivity contribution < 1.29 is 9.13 Å². The van der Waals surface area contributed by atoms with Gasteiger partial charge in [0.1, 0.15) is 22.3 Å². The van der Waals surface area contributed by atoms with Gasteiger partial charge in [-0.3, -0.25) is 0 Å². The van der Waals surface area contributed by atoms with Crippen LogP contribution in [0.25, 0.3) is 0 Å². The largest absolute Gasteiger partial charge is 0.457 e. The van der Waals surface area contributed by atoms with Crippen LogP contribution in [0.5, 0.6) is 11.5 Å². The number of rotatable bonds is 3. The Hall–Kier alpha value is -1.65. The summed E-state index contributed by atoms with van der Waals surface area (Å²) < 4.78 is 18.4. The van der Waals surface area contributed by atoms with Crippen molar-refractivity contribution in [1.82, 2.24) is 0 Å². The van der Waals surface area contributed by atoms with Crippen LogP contribution in [-0.4, -0.2) is 4.99 Å². The molecule has 0 aromatic heterocycles. The fraction of sp³-hybridized carbons (Fsp3) is 0. The van der Waals surface area contributed by atoms with Gasteiger partial charge in [-0.2, -0.15) is 0 Å². The van der Waals surface area contributed by atoms with Gasteiger partial charge >= 0.3 is 0 Å². The lowest BCUT2D eigenvalue weighted by molar-refractivity contribution is 0.477. The van der Waals surface area contributed by atoms with Crippen molar-refractivity contribution in [3.8, 4) is 11.5 Å². The Labute approximate surface area is 114 Å². The molecular weight excluding hydrogens is 273 g/mol.